The van der Waals surface area contributed by atoms with Crippen molar-refractivity contribution in [3.8, 4) is 0 Å². The maximum atomic E-state index is 14.1. The van der Waals surface area contributed by atoms with E-state index < -0.39 is 28.5 Å². The number of carbonyl (C=O) groups is 2. The molecule has 3 aromatic rings. The highest BCUT2D eigenvalue weighted by Gasteiger charge is 2.33. The summed E-state index contributed by atoms with van der Waals surface area (Å²) in [5.41, 5.74) is 3.63. The quantitative estimate of drug-likeness (QED) is 0.320. The maximum Gasteiger partial charge on any atom is 0.244 e. The lowest BCUT2D eigenvalue weighted by atomic mass is 10.0. The van der Waals surface area contributed by atoms with Crippen molar-refractivity contribution in [3.63, 3.8) is 0 Å². The van der Waals surface area contributed by atoms with Gasteiger partial charge in [0.25, 0.3) is 0 Å². The first-order chi connectivity index (χ1) is 18.8. The van der Waals surface area contributed by atoms with E-state index in [1.807, 2.05) is 69.3 Å². The molecule has 0 aromatic heterocycles. The van der Waals surface area contributed by atoms with Gasteiger partial charge >= 0.3 is 0 Å². The fourth-order valence-electron chi connectivity index (χ4n) is 4.39. The van der Waals surface area contributed by atoms with Crippen LogP contribution in [0, 0.1) is 19.8 Å². The minimum Gasteiger partial charge on any atom is -0.354 e. The third-order valence-corrected chi connectivity index (χ3v) is 7.87. The summed E-state index contributed by atoms with van der Waals surface area (Å²) in [7, 11) is -3.83. The van der Waals surface area contributed by atoms with Crippen LogP contribution in [0.3, 0.4) is 0 Å². The Morgan fingerprint density at radius 1 is 0.925 bits per heavy atom. The highest BCUT2D eigenvalue weighted by Crippen LogP contribution is 2.25. The van der Waals surface area contributed by atoms with Crippen molar-refractivity contribution >= 4 is 39.1 Å². The number of sulfonamides is 1. The summed E-state index contributed by atoms with van der Waals surface area (Å²) < 4.78 is 27.1. The smallest absolute Gasteiger partial charge is 0.244 e. The molecule has 0 fully saturated rings. The van der Waals surface area contributed by atoms with Crippen LogP contribution in [0.15, 0.2) is 72.8 Å². The standard InChI is InChI=1S/C31H38ClN3O4S/c1-22(2)19-33-31(37)29(18-25-10-7-6-8-11-25)34(20-26-12-9-13-27(32)17-26)30(36)21-35(40(5,38)39)28-16-23(3)14-15-24(28)4/h6-17,22,29H,18-21H2,1-5H3,(H,33,37)/t29-/m1/s1. The van der Waals surface area contributed by atoms with Crippen molar-refractivity contribution in [1.29, 1.82) is 0 Å². The molecule has 0 bridgehead atoms. The number of benzene rings is 3. The van der Waals surface area contributed by atoms with Crippen LogP contribution in [0.2, 0.25) is 5.02 Å². The lowest BCUT2D eigenvalue weighted by Gasteiger charge is -2.34. The van der Waals surface area contributed by atoms with E-state index in [0.29, 0.717) is 17.3 Å². The van der Waals surface area contributed by atoms with Crippen molar-refractivity contribution in [1.82, 2.24) is 10.2 Å². The number of carbonyl (C=O) groups excluding carboxylic acids is 2. The van der Waals surface area contributed by atoms with E-state index in [0.717, 1.165) is 32.8 Å². The summed E-state index contributed by atoms with van der Waals surface area (Å²) in [6, 6.07) is 21.1. The SMILES string of the molecule is Cc1ccc(C)c(N(CC(=O)N(Cc2cccc(Cl)c2)[C@H](Cc2ccccc2)C(=O)NCC(C)C)S(C)(=O)=O)c1. The first-order valence-corrected chi connectivity index (χ1v) is 15.5. The molecular weight excluding hydrogens is 546 g/mol. The lowest BCUT2D eigenvalue weighted by Crippen LogP contribution is -2.53. The predicted molar refractivity (Wildman–Crippen MR) is 162 cm³/mol. The molecule has 0 spiro atoms. The van der Waals surface area contributed by atoms with E-state index in [1.165, 1.54) is 4.90 Å². The Balaban J connectivity index is 2.07. The van der Waals surface area contributed by atoms with Gasteiger partial charge in [-0.15, -0.1) is 0 Å². The molecule has 0 aliphatic rings. The number of nitrogens with one attached hydrogen (secondary N) is 1. The molecule has 1 N–H and O–H groups in total. The van der Waals surface area contributed by atoms with Crippen LogP contribution in [0.25, 0.3) is 0 Å². The number of hydrogen-bond acceptors (Lipinski definition) is 4. The van der Waals surface area contributed by atoms with E-state index in [1.54, 1.807) is 31.2 Å². The van der Waals surface area contributed by atoms with Crippen LogP contribution in [0.5, 0.6) is 0 Å². The summed E-state index contributed by atoms with van der Waals surface area (Å²) in [6.07, 6.45) is 1.35. The number of rotatable bonds is 12. The highest BCUT2D eigenvalue weighted by molar-refractivity contribution is 7.92. The molecule has 0 radical (unpaired) electrons. The van der Waals surface area contributed by atoms with Gasteiger partial charge in [0.2, 0.25) is 21.8 Å². The summed E-state index contributed by atoms with van der Waals surface area (Å²) in [4.78, 5) is 29.3. The van der Waals surface area contributed by atoms with Crippen LogP contribution < -0.4 is 9.62 Å². The van der Waals surface area contributed by atoms with Crippen LogP contribution in [0.1, 0.15) is 36.1 Å². The molecule has 40 heavy (non-hydrogen) atoms. The highest BCUT2D eigenvalue weighted by atomic mass is 35.5. The van der Waals surface area contributed by atoms with Crippen LogP contribution >= 0.6 is 11.6 Å². The Morgan fingerprint density at radius 2 is 1.60 bits per heavy atom. The second-order valence-corrected chi connectivity index (χ2v) is 12.9. The minimum absolute atomic E-state index is 0.0798. The molecule has 2 amide bonds. The van der Waals surface area contributed by atoms with E-state index in [4.69, 9.17) is 11.6 Å². The number of amides is 2. The first-order valence-electron chi connectivity index (χ1n) is 13.3. The Labute approximate surface area is 243 Å². The molecule has 1 atom stereocenters. The van der Waals surface area contributed by atoms with Crippen molar-refractivity contribution in [3.05, 3.63) is 100 Å². The van der Waals surface area contributed by atoms with Crippen molar-refractivity contribution in [2.45, 2.75) is 46.7 Å². The molecule has 9 heteroatoms. The van der Waals surface area contributed by atoms with Gasteiger partial charge in [-0.25, -0.2) is 8.42 Å². The van der Waals surface area contributed by atoms with E-state index in [9.17, 15) is 18.0 Å². The second kappa shape index (κ2) is 13.8. The first kappa shape index (κ1) is 31.2. The Kier molecular flexibility index (Phi) is 10.8. The van der Waals surface area contributed by atoms with Crippen molar-refractivity contribution < 1.29 is 18.0 Å². The molecule has 0 saturated heterocycles. The predicted octanol–water partition coefficient (Wildman–Crippen LogP) is 5.14. The molecule has 0 aliphatic carbocycles. The minimum atomic E-state index is -3.83. The number of hydrogen-bond donors (Lipinski definition) is 1. The van der Waals surface area contributed by atoms with Gasteiger partial charge in [-0.1, -0.05) is 80.0 Å². The van der Waals surface area contributed by atoms with Crippen molar-refractivity contribution in [2.75, 3.05) is 23.7 Å². The Morgan fingerprint density at radius 3 is 2.23 bits per heavy atom. The third-order valence-electron chi connectivity index (χ3n) is 6.51. The van der Waals surface area contributed by atoms with Gasteiger partial charge < -0.3 is 10.2 Å². The number of halogens is 1. The zero-order valence-electron chi connectivity index (χ0n) is 23.7. The molecule has 3 rings (SSSR count). The molecular formula is C31H38ClN3O4S. The zero-order chi connectivity index (χ0) is 29.4. The molecule has 0 saturated carbocycles. The number of anilines is 1. The normalized spacial score (nSPS) is 12.2. The average Bonchev–Trinajstić information content (AvgIpc) is 2.89. The topological polar surface area (TPSA) is 86.8 Å². The van der Waals surface area contributed by atoms with Crippen LogP contribution in [-0.4, -0.2) is 50.5 Å². The largest absolute Gasteiger partial charge is 0.354 e. The van der Waals surface area contributed by atoms with Gasteiger partial charge in [0.15, 0.2) is 0 Å². The zero-order valence-corrected chi connectivity index (χ0v) is 25.3. The summed E-state index contributed by atoms with van der Waals surface area (Å²) in [6.45, 7) is 7.74. The third kappa shape index (κ3) is 8.83. The van der Waals surface area contributed by atoms with E-state index >= 15 is 0 Å². The lowest BCUT2D eigenvalue weighted by molar-refractivity contribution is -0.140. The fraction of sp³-hybridized carbons (Fsp3) is 0.355. The van der Waals surface area contributed by atoms with Gasteiger partial charge in [-0.2, -0.15) is 0 Å². The number of nitrogens with zero attached hydrogens (tertiary/aromatic N) is 2. The van der Waals surface area contributed by atoms with Gasteiger partial charge in [-0.3, -0.25) is 13.9 Å². The molecule has 0 heterocycles. The Hall–Kier alpha value is -3.36. The summed E-state index contributed by atoms with van der Waals surface area (Å²) >= 11 is 6.25. The monoisotopic (exact) mass is 583 g/mol. The van der Waals surface area contributed by atoms with Gasteiger partial charge in [0.1, 0.15) is 12.6 Å². The maximum absolute atomic E-state index is 14.1. The van der Waals surface area contributed by atoms with Gasteiger partial charge in [0, 0.05) is 24.5 Å². The summed E-state index contributed by atoms with van der Waals surface area (Å²) in [5, 5.41) is 3.48. The number of aryl methyl sites for hydroxylation is 2. The average molecular weight is 584 g/mol. The molecule has 0 unspecified atom stereocenters. The second-order valence-electron chi connectivity index (χ2n) is 10.6. The Bertz CT molecular complexity index is 1430. The van der Waals surface area contributed by atoms with E-state index in [-0.39, 0.29) is 24.8 Å². The summed E-state index contributed by atoms with van der Waals surface area (Å²) in [5.74, 6) is -0.582. The molecule has 0 aliphatic heterocycles. The molecule has 7 nitrogen and oxygen atoms in total. The van der Waals surface area contributed by atoms with Gasteiger partial charge in [0.05, 0.1) is 11.9 Å². The van der Waals surface area contributed by atoms with Crippen LogP contribution in [0.4, 0.5) is 5.69 Å². The molecule has 3 aromatic carbocycles. The fourth-order valence-corrected chi connectivity index (χ4v) is 5.50. The van der Waals surface area contributed by atoms with Crippen LogP contribution in [-0.2, 0) is 32.6 Å². The molecule has 214 valence electrons. The van der Waals surface area contributed by atoms with Crippen molar-refractivity contribution in [2.24, 2.45) is 5.92 Å². The van der Waals surface area contributed by atoms with Gasteiger partial charge in [-0.05, 0) is 60.2 Å². The van der Waals surface area contributed by atoms with E-state index in [2.05, 4.69) is 5.32 Å².